The maximum absolute atomic E-state index is 8.88. The standard InChI is InChI=1S/C26H30O.H3O4P/c1-2-3-4-11-18-25-23(20-21-27-24-16-9-6-10-17-24)15-12-19-26(25)22-13-7-5-8-14-22;1-5(2,3)4/h5-10,12-17,19H,2-4,11,18,20-21H2,1H3;(H3,1,2,3,4). The minimum absolute atomic E-state index is 0.713. The van der Waals surface area contributed by atoms with E-state index in [9.17, 15) is 0 Å². The molecule has 0 aliphatic rings. The monoisotopic (exact) mass is 456 g/mol. The molecule has 0 fully saturated rings. The van der Waals surface area contributed by atoms with Crippen LogP contribution in [0.25, 0.3) is 11.1 Å². The van der Waals surface area contributed by atoms with Crippen LogP contribution >= 0.6 is 7.82 Å². The Hall–Kier alpha value is -2.43. The molecule has 0 saturated heterocycles. The van der Waals surface area contributed by atoms with Gasteiger partial charge >= 0.3 is 7.82 Å². The highest BCUT2D eigenvalue weighted by Gasteiger charge is 2.10. The van der Waals surface area contributed by atoms with Gasteiger partial charge in [0.05, 0.1) is 6.61 Å². The fraction of sp³-hybridized carbons (Fsp3) is 0.308. The molecule has 0 spiro atoms. The topological polar surface area (TPSA) is 87.0 Å². The molecule has 3 N–H and O–H groups in total. The lowest BCUT2D eigenvalue weighted by molar-refractivity contribution is 0.275. The van der Waals surface area contributed by atoms with Gasteiger partial charge in [0.2, 0.25) is 0 Å². The summed E-state index contributed by atoms with van der Waals surface area (Å²) in [5, 5.41) is 0. The Bertz CT molecular complexity index is 946. The molecule has 0 aliphatic heterocycles. The van der Waals surface area contributed by atoms with Crippen LogP contribution in [-0.2, 0) is 17.4 Å². The van der Waals surface area contributed by atoms with Crippen molar-refractivity contribution in [3.05, 3.63) is 90.0 Å². The SMILES string of the molecule is CCCCCCc1c(CCOc2ccccc2)cccc1-c1ccccc1.O=P(O)(O)O. The van der Waals surface area contributed by atoms with Crippen LogP contribution in [0.3, 0.4) is 0 Å². The Morgan fingerprint density at radius 1 is 0.750 bits per heavy atom. The molecule has 0 radical (unpaired) electrons. The molecule has 5 nitrogen and oxygen atoms in total. The zero-order valence-electron chi connectivity index (χ0n) is 18.6. The fourth-order valence-electron chi connectivity index (χ4n) is 3.58. The molecular formula is C26H33O5P. The Balaban J connectivity index is 0.000000654. The smallest absolute Gasteiger partial charge is 0.466 e. The van der Waals surface area contributed by atoms with Crippen molar-refractivity contribution in [2.75, 3.05) is 6.61 Å². The van der Waals surface area contributed by atoms with Crippen LogP contribution in [0.4, 0.5) is 0 Å². The first-order chi connectivity index (χ1) is 15.4. The average Bonchev–Trinajstić information content (AvgIpc) is 2.77. The average molecular weight is 457 g/mol. The molecule has 0 aliphatic carbocycles. The van der Waals surface area contributed by atoms with Gasteiger partial charge in [-0.05, 0) is 47.2 Å². The summed E-state index contributed by atoms with van der Waals surface area (Å²) in [6.45, 7) is 2.98. The van der Waals surface area contributed by atoms with Gasteiger partial charge in [-0.15, -0.1) is 0 Å². The van der Waals surface area contributed by atoms with Crippen molar-refractivity contribution in [1.82, 2.24) is 0 Å². The predicted molar refractivity (Wildman–Crippen MR) is 130 cm³/mol. The number of para-hydroxylation sites is 1. The van der Waals surface area contributed by atoms with Crippen molar-refractivity contribution < 1.29 is 24.0 Å². The number of rotatable bonds is 10. The summed E-state index contributed by atoms with van der Waals surface area (Å²) < 4.78 is 14.8. The van der Waals surface area contributed by atoms with E-state index in [4.69, 9.17) is 24.0 Å². The molecule has 0 atom stereocenters. The molecule has 0 unspecified atom stereocenters. The van der Waals surface area contributed by atoms with Crippen LogP contribution in [0.15, 0.2) is 78.9 Å². The highest BCUT2D eigenvalue weighted by Crippen LogP contribution is 2.29. The van der Waals surface area contributed by atoms with Gasteiger partial charge in [-0.3, -0.25) is 0 Å². The Labute approximate surface area is 191 Å². The molecule has 172 valence electrons. The molecule has 32 heavy (non-hydrogen) atoms. The zero-order chi connectivity index (χ0) is 23.2. The maximum Gasteiger partial charge on any atom is 0.466 e. The Kier molecular flexibility index (Phi) is 11.2. The molecule has 6 heteroatoms. The number of hydrogen-bond acceptors (Lipinski definition) is 2. The molecule has 0 amide bonds. The van der Waals surface area contributed by atoms with Crippen molar-refractivity contribution in [3.63, 3.8) is 0 Å². The maximum atomic E-state index is 8.88. The largest absolute Gasteiger partial charge is 0.493 e. The summed E-state index contributed by atoms with van der Waals surface area (Å²) in [5.41, 5.74) is 5.61. The van der Waals surface area contributed by atoms with Crippen LogP contribution in [0.5, 0.6) is 5.75 Å². The second kappa shape index (κ2) is 13.9. The molecular weight excluding hydrogens is 423 g/mol. The second-order valence-electron chi connectivity index (χ2n) is 7.54. The van der Waals surface area contributed by atoms with Gasteiger partial charge in [-0.25, -0.2) is 4.57 Å². The van der Waals surface area contributed by atoms with E-state index in [0.717, 1.165) is 18.6 Å². The van der Waals surface area contributed by atoms with Crippen LogP contribution in [0.1, 0.15) is 43.7 Å². The van der Waals surface area contributed by atoms with E-state index in [0.29, 0.717) is 6.61 Å². The summed E-state index contributed by atoms with van der Waals surface area (Å²) in [7, 11) is -4.64. The van der Waals surface area contributed by atoms with Crippen molar-refractivity contribution in [2.24, 2.45) is 0 Å². The first-order valence-electron chi connectivity index (χ1n) is 11.0. The van der Waals surface area contributed by atoms with Gasteiger partial charge in [0.1, 0.15) is 5.75 Å². The van der Waals surface area contributed by atoms with Crippen LogP contribution in [0.2, 0.25) is 0 Å². The van der Waals surface area contributed by atoms with Crippen molar-refractivity contribution in [2.45, 2.75) is 45.4 Å². The molecule has 0 bridgehead atoms. The summed E-state index contributed by atoms with van der Waals surface area (Å²) in [4.78, 5) is 21.6. The van der Waals surface area contributed by atoms with Gasteiger partial charge in [0.25, 0.3) is 0 Å². The molecule has 0 aromatic heterocycles. The van der Waals surface area contributed by atoms with Gasteiger partial charge in [-0.1, -0.05) is 92.9 Å². The second-order valence-corrected chi connectivity index (χ2v) is 8.57. The molecule has 0 saturated carbocycles. The van der Waals surface area contributed by atoms with Gasteiger partial charge < -0.3 is 19.4 Å². The molecule has 0 heterocycles. The molecule has 3 rings (SSSR count). The van der Waals surface area contributed by atoms with E-state index in [2.05, 4.69) is 55.5 Å². The number of ether oxygens (including phenoxy) is 1. The predicted octanol–water partition coefficient (Wildman–Crippen LogP) is 6.17. The lowest BCUT2D eigenvalue weighted by atomic mass is 9.90. The summed E-state index contributed by atoms with van der Waals surface area (Å²) in [6, 6.07) is 27.6. The van der Waals surface area contributed by atoms with Crippen LogP contribution in [-0.4, -0.2) is 21.3 Å². The van der Waals surface area contributed by atoms with Crippen LogP contribution < -0.4 is 4.74 Å². The van der Waals surface area contributed by atoms with Crippen molar-refractivity contribution >= 4 is 7.82 Å². The molecule has 3 aromatic carbocycles. The first kappa shape index (κ1) is 25.8. The van der Waals surface area contributed by atoms with E-state index in [1.807, 2.05) is 30.3 Å². The quantitative estimate of drug-likeness (QED) is 0.251. The van der Waals surface area contributed by atoms with E-state index >= 15 is 0 Å². The van der Waals surface area contributed by atoms with Crippen molar-refractivity contribution in [3.8, 4) is 16.9 Å². The number of phosphoric acid groups is 1. The first-order valence-corrected chi connectivity index (χ1v) is 12.6. The third-order valence-corrected chi connectivity index (χ3v) is 5.02. The highest BCUT2D eigenvalue weighted by molar-refractivity contribution is 7.45. The van der Waals surface area contributed by atoms with E-state index < -0.39 is 7.82 Å². The Morgan fingerprint density at radius 2 is 1.38 bits per heavy atom. The third kappa shape index (κ3) is 10.3. The van der Waals surface area contributed by atoms with E-state index in [-0.39, 0.29) is 0 Å². The van der Waals surface area contributed by atoms with Gasteiger partial charge in [-0.2, -0.15) is 0 Å². The summed E-state index contributed by atoms with van der Waals surface area (Å²) >= 11 is 0. The highest BCUT2D eigenvalue weighted by atomic mass is 31.2. The Morgan fingerprint density at radius 3 is 2.00 bits per heavy atom. The zero-order valence-corrected chi connectivity index (χ0v) is 19.5. The number of hydrogen-bond donors (Lipinski definition) is 3. The third-order valence-electron chi connectivity index (χ3n) is 5.02. The minimum Gasteiger partial charge on any atom is -0.493 e. The fourth-order valence-corrected chi connectivity index (χ4v) is 3.58. The lowest BCUT2D eigenvalue weighted by Gasteiger charge is -2.16. The summed E-state index contributed by atoms with van der Waals surface area (Å²) in [5.74, 6) is 0.946. The van der Waals surface area contributed by atoms with Crippen LogP contribution in [0, 0.1) is 0 Å². The summed E-state index contributed by atoms with van der Waals surface area (Å²) in [6.07, 6.45) is 7.24. The minimum atomic E-state index is -4.64. The van der Waals surface area contributed by atoms with Gasteiger partial charge in [0.15, 0.2) is 0 Å². The number of benzene rings is 3. The number of unbranched alkanes of at least 4 members (excludes halogenated alkanes) is 3. The van der Waals surface area contributed by atoms with Crippen molar-refractivity contribution in [1.29, 1.82) is 0 Å². The van der Waals surface area contributed by atoms with E-state index in [1.165, 1.54) is 47.9 Å². The van der Waals surface area contributed by atoms with Gasteiger partial charge in [0, 0.05) is 6.42 Å². The molecule has 3 aromatic rings. The normalized spacial score (nSPS) is 10.9. The van der Waals surface area contributed by atoms with E-state index in [1.54, 1.807) is 0 Å². The lowest BCUT2D eigenvalue weighted by Crippen LogP contribution is -2.05.